The van der Waals surface area contributed by atoms with Gasteiger partial charge in [0.1, 0.15) is 0 Å². The van der Waals surface area contributed by atoms with Crippen LogP contribution in [0, 0.1) is 6.92 Å². The fraction of sp³-hybridized carbons (Fsp3) is 0.500. The standard InChI is InChI=1S/C16H23N3/c1-12-16(14-7-2-3-8-15(14)19-12)18-11-9-13-6-4-5-10-17-13/h2-3,7-8,13,17-19H,4-6,9-11H2,1H3. The Morgan fingerprint density at radius 2 is 2.16 bits per heavy atom. The Hall–Kier alpha value is -1.48. The third-order valence-electron chi connectivity index (χ3n) is 4.10. The summed E-state index contributed by atoms with van der Waals surface area (Å²) in [5.41, 5.74) is 3.72. The molecular weight excluding hydrogens is 234 g/mol. The van der Waals surface area contributed by atoms with Gasteiger partial charge in [-0.3, -0.25) is 0 Å². The molecule has 1 atom stereocenters. The van der Waals surface area contributed by atoms with E-state index in [1.807, 2.05) is 0 Å². The molecule has 0 aliphatic carbocycles. The highest BCUT2D eigenvalue weighted by atomic mass is 15.0. The normalized spacial score (nSPS) is 19.7. The molecule has 1 aromatic heterocycles. The van der Waals surface area contributed by atoms with Crippen molar-refractivity contribution in [1.29, 1.82) is 0 Å². The van der Waals surface area contributed by atoms with Gasteiger partial charge in [0.2, 0.25) is 0 Å². The first-order chi connectivity index (χ1) is 9.34. The van der Waals surface area contributed by atoms with Crippen LogP contribution in [0.5, 0.6) is 0 Å². The number of para-hydroxylation sites is 1. The lowest BCUT2D eigenvalue weighted by Crippen LogP contribution is -2.35. The van der Waals surface area contributed by atoms with Gasteiger partial charge in [-0.05, 0) is 38.8 Å². The number of hydrogen-bond donors (Lipinski definition) is 3. The summed E-state index contributed by atoms with van der Waals surface area (Å²) in [6, 6.07) is 9.19. The van der Waals surface area contributed by atoms with Gasteiger partial charge in [-0.1, -0.05) is 24.6 Å². The summed E-state index contributed by atoms with van der Waals surface area (Å²) in [4.78, 5) is 3.44. The molecular formula is C16H23N3. The summed E-state index contributed by atoms with van der Waals surface area (Å²) in [6.45, 7) is 4.37. The SMILES string of the molecule is Cc1[nH]c2ccccc2c1NCCC1CCCCN1. The number of aromatic nitrogens is 1. The lowest BCUT2D eigenvalue weighted by molar-refractivity contribution is 0.389. The van der Waals surface area contributed by atoms with Gasteiger partial charge >= 0.3 is 0 Å². The van der Waals surface area contributed by atoms with Crippen LogP contribution >= 0.6 is 0 Å². The van der Waals surface area contributed by atoms with E-state index in [2.05, 4.69) is 46.8 Å². The van der Waals surface area contributed by atoms with E-state index in [0.717, 1.165) is 6.54 Å². The average molecular weight is 257 g/mol. The number of fused-ring (bicyclic) bond motifs is 1. The monoisotopic (exact) mass is 257 g/mol. The average Bonchev–Trinajstić information content (AvgIpc) is 2.76. The van der Waals surface area contributed by atoms with Crippen molar-refractivity contribution in [3.05, 3.63) is 30.0 Å². The summed E-state index contributed by atoms with van der Waals surface area (Å²) in [6.07, 6.45) is 5.25. The minimum atomic E-state index is 0.701. The molecule has 3 heteroatoms. The number of anilines is 1. The molecule has 0 radical (unpaired) electrons. The van der Waals surface area contributed by atoms with Gasteiger partial charge in [0.05, 0.1) is 5.69 Å². The Morgan fingerprint density at radius 1 is 1.26 bits per heavy atom. The fourth-order valence-corrected chi connectivity index (χ4v) is 3.05. The maximum atomic E-state index is 3.61. The number of nitrogens with one attached hydrogen (secondary N) is 3. The summed E-state index contributed by atoms with van der Waals surface area (Å²) in [5, 5.41) is 8.52. The van der Waals surface area contributed by atoms with Crippen LogP contribution in [-0.2, 0) is 0 Å². The topological polar surface area (TPSA) is 39.9 Å². The molecule has 102 valence electrons. The quantitative estimate of drug-likeness (QED) is 0.785. The van der Waals surface area contributed by atoms with Crippen LogP contribution < -0.4 is 10.6 Å². The molecule has 2 aromatic rings. The maximum absolute atomic E-state index is 3.61. The molecule has 0 spiro atoms. The molecule has 0 amide bonds. The van der Waals surface area contributed by atoms with Gasteiger partial charge in [-0.15, -0.1) is 0 Å². The van der Waals surface area contributed by atoms with Crippen LogP contribution in [-0.4, -0.2) is 24.1 Å². The largest absolute Gasteiger partial charge is 0.383 e. The molecule has 0 bridgehead atoms. The molecule has 1 saturated heterocycles. The Balaban J connectivity index is 1.63. The van der Waals surface area contributed by atoms with Crippen molar-refractivity contribution >= 4 is 16.6 Å². The predicted molar refractivity (Wildman–Crippen MR) is 81.8 cm³/mol. The lowest BCUT2D eigenvalue weighted by Gasteiger charge is -2.23. The highest BCUT2D eigenvalue weighted by molar-refractivity contribution is 5.94. The van der Waals surface area contributed by atoms with Gasteiger partial charge in [0.15, 0.2) is 0 Å². The van der Waals surface area contributed by atoms with Crippen LogP contribution in [0.25, 0.3) is 10.9 Å². The number of rotatable bonds is 4. The van der Waals surface area contributed by atoms with Crippen molar-refractivity contribution in [3.8, 4) is 0 Å². The first kappa shape index (κ1) is 12.5. The van der Waals surface area contributed by atoms with Crippen molar-refractivity contribution in [3.63, 3.8) is 0 Å². The third-order valence-corrected chi connectivity index (χ3v) is 4.10. The van der Waals surface area contributed by atoms with Crippen LogP contribution in [0.2, 0.25) is 0 Å². The molecule has 3 nitrogen and oxygen atoms in total. The molecule has 2 heterocycles. The van der Waals surface area contributed by atoms with E-state index < -0.39 is 0 Å². The third kappa shape index (κ3) is 2.76. The van der Waals surface area contributed by atoms with Crippen LogP contribution in [0.15, 0.2) is 24.3 Å². The Labute approximate surface area is 114 Å². The lowest BCUT2D eigenvalue weighted by atomic mass is 10.0. The number of hydrogen-bond acceptors (Lipinski definition) is 2. The van der Waals surface area contributed by atoms with E-state index in [9.17, 15) is 0 Å². The molecule has 1 aliphatic heterocycles. The minimum absolute atomic E-state index is 0.701. The second-order valence-electron chi connectivity index (χ2n) is 5.53. The van der Waals surface area contributed by atoms with Gasteiger partial charge < -0.3 is 15.6 Å². The van der Waals surface area contributed by atoms with Crippen molar-refractivity contribution < 1.29 is 0 Å². The van der Waals surface area contributed by atoms with Gasteiger partial charge in [-0.2, -0.15) is 0 Å². The van der Waals surface area contributed by atoms with E-state index in [1.54, 1.807) is 0 Å². The zero-order valence-electron chi connectivity index (χ0n) is 11.6. The van der Waals surface area contributed by atoms with E-state index in [-0.39, 0.29) is 0 Å². The second kappa shape index (κ2) is 5.66. The number of H-pyrrole nitrogens is 1. The van der Waals surface area contributed by atoms with Crippen molar-refractivity contribution in [1.82, 2.24) is 10.3 Å². The summed E-state index contributed by atoms with van der Waals surface area (Å²) >= 11 is 0. The Kier molecular flexibility index (Phi) is 3.74. The zero-order valence-corrected chi connectivity index (χ0v) is 11.6. The fourth-order valence-electron chi connectivity index (χ4n) is 3.05. The maximum Gasteiger partial charge on any atom is 0.0628 e. The van der Waals surface area contributed by atoms with Gasteiger partial charge in [0, 0.05) is 29.2 Å². The summed E-state index contributed by atoms with van der Waals surface area (Å²) in [5.74, 6) is 0. The van der Waals surface area contributed by atoms with Crippen LogP contribution in [0.3, 0.4) is 0 Å². The first-order valence-electron chi connectivity index (χ1n) is 7.39. The molecule has 0 saturated carbocycles. The smallest absolute Gasteiger partial charge is 0.0628 e. The first-order valence-corrected chi connectivity index (χ1v) is 7.39. The van der Waals surface area contributed by atoms with E-state index in [4.69, 9.17) is 0 Å². The predicted octanol–water partition coefficient (Wildman–Crippen LogP) is 3.42. The highest BCUT2D eigenvalue weighted by Gasteiger charge is 2.12. The molecule has 1 unspecified atom stereocenters. The highest BCUT2D eigenvalue weighted by Crippen LogP contribution is 2.26. The van der Waals surface area contributed by atoms with Crippen molar-refractivity contribution in [2.75, 3.05) is 18.4 Å². The summed E-state index contributed by atoms with van der Waals surface area (Å²) < 4.78 is 0. The molecule has 1 aliphatic rings. The minimum Gasteiger partial charge on any atom is -0.383 e. The number of aromatic amines is 1. The number of piperidine rings is 1. The molecule has 1 fully saturated rings. The number of aryl methyl sites for hydroxylation is 1. The number of benzene rings is 1. The molecule has 3 N–H and O–H groups in total. The Morgan fingerprint density at radius 3 is 3.00 bits per heavy atom. The van der Waals surface area contributed by atoms with E-state index >= 15 is 0 Å². The second-order valence-corrected chi connectivity index (χ2v) is 5.53. The van der Waals surface area contributed by atoms with Gasteiger partial charge in [0.25, 0.3) is 0 Å². The van der Waals surface area contributed by atoms with Crippen LogP contribution in [0.1, 0.15) is 31.4 Å². The van der Waals surface area contributed by atoms with Crippen molar-refractivity contribution in [2.45, 2.75) is 38.6 Å². The van der Waals surface area contributed by atoms with Crippen LogP contribution in [0.4, 0.5) is 5.69 Å². The summed E-state index contributed by atoms with van der Waals surface area (Å²) in [7, 11) is 0. The molecule has 3 rings (SSSR count). The van der Waals surface area contributed by atoms with Gasteiger partial charge in [-0.25, -0.2) is 0 Å². The Bertz CT molecular complexity index is 538. The zero-order chi connectivity index (χ0) is 13.1. The van der Waals surface area contributed by atoms with E-state index in [0.29, 0.717) is 6.04 Å². The van der Waals surface area contributed by atoms with E-state index in [1.165, 1.54) is 54.5 Å². The van der Waals surface area contributed by atoms with Crippen molar-refractivity contribution in [2.24, 2.45) is 0 Å². The molecule has 19 heavy (non-hydrogen) atoms. The molecule has 1 aromatic carbocycles.